The zero-order chi connectivity index (χ0) is 14.5. The van der Waals surface area contributed by atoms with Crippen molar-refractivity contribution in [2.75, 3.05) is 11.6 Å². The van der Waals surface area contributed by atoms with Crippen LogP contribution in [0.3, 0.4) is 0 Å². The van der Waals surface area contributed by atoms with Crippen molar-refractivity contribution in [2.45, 2.75) is 4.90 Å². The Morgan fingerprint density at radius 1 is 1.15 bits per heavy atom. The van der Waals surface area contributed by atoms with Crippen molar-refractivity contribution in [1.82, 2.24) is 0 Å². The molecule has 0 atom stereocenters. The van der Waals surface area contributed by atoms with Gasteiger partial charge in [0.2, 0.25) is 0 Å². The number of thioether (sulfide) groups is 1. The fraction of sp³-hybridized carbons (Fsp3) is 0.0714. The Kier molecular flexibility index (Phi) is 5.17. The highest BCUT2D eigenvalue weighted by Gasteiger charge is 2.12. The maximum Gasteiger partial charge on any atom is 0.417 e. The molecule has 0 aliphatic heterocycles. The van der Waals surface area contributed by atoms with E-state index >= 15 is 0 Å². The number of para-hydroxylation sites is 1. The van der Waals surface area contributed by atoms with Crippen molar-refractivity contribution in [3.8, 4) is 5.75 Å². The number of hydrogen-bond donors (Lipinski definition) is 1. The molecule has 0 heterocycles. The van der Waals surface area contributed by atoms with E-state index in [2.05, 4.69) is 5.32 Å². The zero-order valence-electron chi connectivity index (χ0n) is 10.5. The van der Waals surface area contributed by atoms with Crippen LogP contribution in [0.25, 0.3) is 0 Å². The first-order valence-electron chi connectivity index (χ1n) is 5.67. The summed E-state index contributed by atoms with van der Waals surface area (Å²) in [5, 5.41) is 3.19. The van der Waals surface area contributed by atoms with Crippen LogP contribution in [0.2, 0.25) is 10.0 Å². The zero-order valence-corrected chi connectivity index (χ0v) is 12.9. The number of rotatable bonds is 3. The molecule has 0 bridgehead atoms. The van der Waals surface area contributed by atoms with Crippen LogP contribution in [0.5, 0.6) is 5.75 Å². The maximum atomic E-state index is 11.8. The van der Waals surface area contributed by atoms with E-state index in [1.165, 1.54) is 0 Å². The average molecular weight is 328 g/mol. The van der Waals surface area contributed by atoms with Gasteiger partial charge in [0.1, 0.15) is 0 Å². The van der Waals surface area contributed by atoms with Crippen molar-refractivity contribution >= 4 is 46.7 Å². The minimum absolute atomic E-state index is 0.148. The van der Waals surface area contributed by atoms with E-state index in [4.69, 9.17) is 27.9 Å². The van der Waals surface area contributed by atoms with Gasteiger partial charge in [-0.2, -0.15) is 0 Å². The van der Waals surface area contributed by atoms with Gasteiger partial charge in [0, 0.05) is 10.6 Å². The molecule has 0 spiro atoms. The lowest BCUT2D eigenvalue weighted by Gasteiger charge is -2.09. The summed E-state index contributed by atoms with van der Waals surface area (Å²) in [5.41, 5.74) is 0.644. The van der Waals surface area contributed by atoms with Crippen LogP contribution in [0.4, 0.5) is 10.5 Å². The van der Waals surface area contributed by atoms with Crippen LogP contribution in [0.15, 0.2) is 47.4 Å². The number of carbonyl (C=O) groups excluding carboxylic acids is 1. The predicted molar refractivity (Wildman–Crippen MR) is 84.3 cm³/mol. The molecular weight excluding hydrogens is 317 g/mol. The van der Waals surface area contributed by atoms with Crippen LogP contribution in [0, 0.1) is 0 Å². The van der Waals surface area contributed by atoms with Crippen molar-refractivity contribution in [2.24, 2.45) is 0 Å². The van der Waals surface area contributed by atoms with Gasteiger partial charge in [-0.25, -0.2) is 4.79 Å². The van der Waals surface area contributed by atoms with Gasteiger partial charge in [-0.05, 0) is 36.6 Å². The summed E-state index contributed by atoms with van der Waals surface area (Å²) in [4.78, 5) is 12.9. The van der Waals surface area contributed by atoms with E-state index in [0.29, 0.717) is 5.69 Å². The molecule has 104 valence electrons. The molecule has 0 aliphatic carbocycles. The van der Waals surface area contributed by atoms with Crippen LogP contribution >= 0.6 is 35.0 Å². The molecule has 0 aromatic heterocycles. The summed E-state index contributed by atoms with van der Waals surface area (Å²) in [6, 6.07) is 12.3. The number of amides is 1. The number of anilines is 1. The second kappa shape index (κ2) is 6.88. The normalized spacial score (nSPS) is 10.2. The Labute approximate surface area is 131 Å². The van der Waals surface area contributed by atoms with Crippen LogP contribution in [0.1, 0.15) is 0 Å². The van der Waals surface area contributed by atoms with Gasteiger partial charge in [-0.3, -0.25) is 5.32 Å². The summed E-state index contributed by atoms with van der Waals surface area (Å²) in [6.07, 6.45) is 1.32. The second-order valence-corrected chi connectivity index (χ2v) is 5.49. The van der Waals surface area contributed by atoms with Gasteiger partial charge in [0.15, 0.2) is 5.75 Å². The van der Waals surface area contributed by atoms with Gasteiger partial charge < -0.3 is 4.74 Å². The molecule has 3 nitrogen and oxygen atoms in total. The third-order valence-corrected chi connectivity index (χ3v) is 3.75. The van der Waals surface area contributed by atoms with Gasteiger partial charge in [-0.15, -0.1) is 11.8 Å². The molecule has 0 radical (unpaired) electrons. The standard InChI is InChI=1S/C14H11Cl2NO2S/c1-20-10-5-2-4-9(8-10)17-14(18)19-13-11(15)6-3-7-12(13)16/h2-8H,1H3,(H,17,18). The predicted octanol–water partition coefficient (Wildman–Crippen LogP) is 5.33. The molecule has 1 N–H and O–H groups in total. The third-order valence-electron chi connectivity index (χ3n) is 2.43. The number of halogens is 2. The van der Waals surface area contributed by atoms with Crippen molar-refractivity contribution in [3.05, 3.63) is 52.5 Å². The van der Waals surface area contributed by atoms with Gasteiger partial charge in [0.05, 0.1) is 10.0 Å². The molecule has 0 saturated carbocycles. The van der Waals surface area contributed by atoms with E-state index in [1.54, 1.807) is 36.0 Å². The maximum absolute atomic E-state index is 11.8. The average Bonchev–Trinajstić information content (AvgIpc) is 2.43. The smallest absolute Gasteiger partial charge is 0.407 e. The summed E-state index contributed by atoms with van der Waals surface area (Å²) >= 11 is 13.4. The van der Waals surface area contributed by atoms with E-state index in [1.807, 2.05) is 24.5 Å². The number of benzene rings is 2. The Hall–Kier alpha value is -1.36. The molecule has 2 rings (SSSR count). The Bertz CT molecular complexity index is 614. The van der Waals surface area contributed by atoms with Crippen molar-refractivity contribution in [1.29, 1.82) is 0 Å². The van der Waals surface area contributed by atoms with Crippen molar-refractivity contribution in [3.63, 3.8) is 0 Å². The third kappa shape index (κ3) is 3.82. The molecule has 1 amide bonds. The molecule has 0 aliphatic rings. The molecule has 6 heteroatoms. The molecule has 20 heavy (non-hydrogen) atoms. The largest absolute Gasteiger partial charge is 0.417 e. The highest BCUT2D eigenvalue weighted by molar-refractivity contribution is 7.98. The SMILES string of the molecule is CSc1cccc(NC(=O)Oc2c(Cl)cccc2Cl)c1. The molecule has 2 aromatic carbocycles. The lowest BCUT2D eigenvalue weighted by Crippen LogP contribution is -2.17. The first-order valence-corrected chi connectivity index (χ1v) is 7.65. The molecular formula is C14H11Cl2NO2S. The van der Waals surface area contributed by atoms with Gasteiger partial charge in [0.25, 0.3) is 0 Å². The highest BCUT2D eigenvalue weighted by Crippen LogP contribution is 2.32. The van der Waals surface area contributed by atoms with E-state index in [-0.39, 0.29) is 15.8 Å². The fourth-order valence-electron chi connectivity index (χ4n) is 1.52. The number of nitrogens with one attached hydrogen (secondary N) is 1. The quantitative estimate of drug-likeness (QED) is 0.774. The minimum atomic E-state index is -0.641. The Morgan fingerprint density at radius 3 is 2.45 bits per heavy atom. The van der Waals surface area contributed by atoms with E-state index in [9.17, 15) is 4.79 Å². The Morgan fingerprint density at radius 2 is 1.80 bits per heavy atom. The van der Waals surface area contributed by atoms with Crippen molar-refractivity contribution < 1.29 is 9.53 Å². The van der Waals surface area contributed by atoms with E-state index < -0.39 is 6.09 Å². The number of ether oxygens (including phenoxy) is 1. The summed E-state index contributed by atoms with van der Waals surface area (Å²) in [7, 11) is 0. The molecule has 2 aromatic rings. The second-order valence-electron chi connectivity index (χ2n) is 3.80. The lowest BCUT2D eigenvalue weighted by atomic mass is 10.3. The van der Waals surface area contributed by atoms with Crippen LogP contribution < -0.4 is 10.1 Å². The Balaban J connectivity index is 2.09. The highest BCUT2D eigenvalue weighted by atomic mass is 35.5. The van der Waals surface area contributed by atoms with Crippen LogP contribution in [-0.2, 0) is 0 Å². The fourth-order valence-corrected chi connectivity index (χ4v) is 2.45. The first kappa shape index (κ1) is 15.0. The number of carbonyl (C=O) groups is 1. The summed E-state index contributed by atoms with van der Waals surface area (Å²) in [6.45, 7) is 0. The summed E-state index contributed by atoms with van der Waals surface area (Å²) in [5.74, 6) is 0.148. The number of hydrogen-bond acceptors (Lipinski definition) is 3. The van der Waals surface area contributed by atoms with Gasteiger partial charge in [-0.1, -0.05) is 35.3 Å². The van der Waals surface area contributed by atoms with Crippen LogP contribution in [-0.4, -0.2) is 12.3 Å². The van der Waals surface area contributed by atoms with Gasteiger partial charge >= 0.3 is 6.09 Å². The topological polar surface area (TPSA) is 38.3 Å². The monoisotopic (exact) mass is 327 g/mol. The lowest BCUT2D eigenvalue weighted by molar-refractivity contribution is 0.215. The van der Waals surface area contributed by atoms with E-state index in [0.717, 1.165) is 4.90 Å². The molecule has 0 saturated heterocycles. The molecule has 0 unspecified atom stereocenters. The first-order chi connectivity index (χ1) is 9.60. The summed E-state index contributed by atoms with van der Waals surface area (Å²) < 4.78 is 5.13. The minimum Gasteiger partial charge on any atom is -0.407 e. The molecule has 0 fully saturated rings.